The van der Waals surface area contributed by atoms with Crippen LogP contribution in [0, 0.1) is 11.3 Å². The molecule has 29 heavy (non-hydrogen) atoms. The Bertz CT molecular complexity index is 1010. The first-order valence-corrected chi connectivity index (χ1v) is 9.32. The Morgan fingerprint density at radius 1 is 0.862 bits per heavy atom. The number of hydrogen-bond donors (Lipinski definition) is 2. The highest BCUT2D eigenvalue weighted by atomic mass is 16.2. The molecule has 3 aromatic rings. The molecule has 0 saturated heterocycles. The lowest BCUT2D eigenvalue weighted by Crippen LogP contribution is -2.47. The summed E-state index contributed by atoms with van der Waals surface area (Å²) < 4.78 is 0. The van der Waals surface area contributed by atoms with Gasteiger partial charge in [-0.05, 0) is 35.4 Å². The number of nitrogens with one attached hydrogen (secondary N) is 2. The molecule has 0 aliphatic heterocycles. The largest absolute Gasteiger partial charge is 0.350 e. The molecule has 2 N–H and O–H groups in total. The van der Waals surface area contributed by atoms with Crippen molar-refractivity contribution in [3.05, 3.63) is 107 Å². The minimum atomic E-state index is -0.718. The molecule has 0 saturated carbocycles. The number of hydrogen-bond acceptors (Lipinski definition) is 3. The van der Waals surface area contributed by atoms with Crippen LogP contribution in [0.15, 0.2) is 84.9 Å². The summed E-state index contributed by atoms with van der Waals surface area (Å²) in [5, 5.41) is 14.7. The normalized spacial score (nSPS) is 11.1. The fourth-order valence-corrected chi connectivity index (χ4v) is 2.95. The number of nitriles is 1. The van der Waals surface area contributed by atoms with Gasteiger partial charge in [-0.1, -0.05) is 60.7 Å². The van der Waals surface area contributed by atoms with E-state index in [1.165, 1.54) is 0 Å². The van der Waals surface area contributed by atoms with Gasteiger partial charge in [-0.25, -0.2) is 0 Å². The third-order valence-electron chi connectivity index (χ3n) is 4.46. The summed E-state index contributed by atoms with van der Waals surface area (Å²) in [4.78, 5) is 25.4. The second-order valence-corrected chi connectivity index (χ2v) is 6.61. The fourth-order valence-electron chi connectivity index (χ4n) is 2.95. The van der Waals surface area contributed by atoms with Crippen molar-refractivity contribution < 1.29 is 9.59 Å². The van der Waals surface area contributed by atoms with Gasteiger partial charge in [0.2, 0.25) is 5.91 Å². The minimum absolute atomic E-state index is 0.277. The lowest BCUT2D eigenvalue weighted by molar-refractivity contribution is -0.123. The van der Waals surface area contributed by atoms with E-state index < -0.39 is 6.04 Å². The van der Waals surface area contributed by atoms with Gasteiger partial charge in [0.1, 0.15) is 6.04 Å². The molecule has 0 fully saturated rings. The first kappa shape index (κ1) is 19.8. The molecule has 3 aromatic carbocycles. The molecule has 0 aliphatic carbocycles. The van der Waals surface area contributed by atoms with Gasteiger partial charge in [0.15, 0.2) is 0 Å². The number of amides is 2. The summed E-state index contributed by atoms with van der Waals surface area (Å²) >= 11 is 0. The second-order valence-electron chi connectivity index (χ2n) is 6.61. The standard InChI is InChI=1S/C24H21N3O2/c25-16-19-10-7-11-20(14-19)17-26-24(29)22(15-18-8-3-1-4-9-18)27-23(28)21-12-5-2-6-13-21/h1-14,22H,15,17H2,(H,26,29)(H,27,28). The molecule has 3 rings (SSSR count). The molecule has 0 bridgehead atoms. The van der Waals surface area contributed by atoms with Crippen molar-refractivity contribution in [3.63, 3.8) is 0 Å². The van der Waals surface area contributed by atoms with Crippen molar-refractivity contribution in [1.29, 1.82) is 5.26 Å². The van der Waals surface area contributed by atoms with Gasteiger partial charge in [-0.2, -0.15) is 5.26 Å². The number of carbonyl (C=O) groups is 2. The maximum Gasteiger partial charge on any atom is 0.251 e. The first-order chi connectivity index (χ1) is 14.2. The summed E-state index contributed by atoms with van der Waals surface area (Å²) in [6, 6.07) is 26.8. The Morgan fingerprint density at radius 3 is 2.21 bits per heavy atom. The van der Waals surface area contributed by atoms with Crippen LogP contribution in [0.2, 0.25) is 0 Å². The highest BCUT2D eigenvalue weighted by Crippen LogP contribution is 2.07. The van der Waals surface area contributed by atoms with Crippen LogP contribution in [0.5, 0.6) is 0 Å². The Labute approximate surface area is 170 Å². The molecule has 0 aromatic heterocycles. The van der Waals surface area contributed by atoms with Crippen LogP contribution in [-0.4, -0.2) is 17.9 Å². The van der Waals surface area contributed by atoms with E-state index in [0.717, 1.165) is 11.1 Å². The van der Waals surface area contributed by atoms with Gasteiger partial charge in [-0.3, -0.25) is 9.59 Å². The Morgan fingerprint density at radius 2 is 1.52 bits per heavy atom. The molecule has 0 spiro atoms. The van der Waals surface area contributed by atoms with Crippen molar-refractivity contribution in [2.75, 3.05) is 0 Å². The molecule has 1 atom stereocenters. The number of rotatable bonds is 7. The van der Waals surface area contributed by atoms with E-state index in [0.29, 0.717) is 17.5 Å². The van der Waals surface area contributed by atoms with Gasteiger partial charge in [0, 0.05) is 18.5 Å². The van der Waals surface area contributed by atoms with Crippen LogP contribution in [0.4, 0.5) is 0 Å². The molecular weight excluding hydrogens is 362 g/mol. The van der Waals surface area contributed by atoms with Crippen molar-refractivity contribution in [2.45, 2.75) is 19.0 Å². The zero-order valence-corrected chi connectivity index (χ0v) is 15.8. The van der Waals surface area contributed by atoms with E-state index >= 15 is 0 Å². The van der Waals surface area contributed by atoms with Gasteiger partial charge < -0.3 is 10.6 Å². The monoisotopic (exact) mass is 383 g/mol. The van der Waals surface area contributed by atoms with Gasteiger partial charge >= 0.3 is 0 Å². The lowest BCUT2D eigenvalue weighted by Gasteiger charge is -2.19. The van der Waals surface area contributed by atoms with Crippen LogP contribution in [0.1, 0.15) is 27.0 Å². The summed E-state index contributed by atoms with van der Waals surface area (Å²) in [6.07, 6.45) is 0.378. The maximum atomic E-state index is 12.9. The third-order valence-corrected chi connectivity index (χ3v) is 4.46. The average Bonchev–Trinajstić information content (AvgIpc) is 2.78. The minimum Gasteiger partial charge on any atom is -0.350 e. The summed E-state index contributed by atoms with van der Waals surface area (Å²) in [6.45, 7) is 0.279. The molecular formula is C24H21N3O2. The number of nitrogens with zero attached hydrogens (tertiary/aromatic N) is 1. The number of benzene rings is 3. The first-order valence-electron chi connectivity index (χ1n) is 9.32. The molecule has 1 unspecified atom stereocenters. The van der Waals surface area contributed by atoms with Crippen molar-refractivity contribution >= 4 is 11.8 Å². The van der Waals surface area contributed by atoms with Crippen molar-refractivity contribution in [1.82, 2.24) is 10.6 Å². The van der Waals surface area contributed by atoms with Crippen molar-refractivity contribution in [3.8, 4) is 6.07 Å². The molecule has 0 aliphatic rings. The molecule has 2 amide bonds. The maximum absolute atomic E-state index is 12.9. The van der Waals surface area contributed by atoms with Crippen LogP contribution in [-0.2, 0) is 17.8 Å². The average molecular weight is 383 g/mol. The van der Waals surface area contributed by atoms with E-state index in [2.05, 4.69) is 16.7 Å². The number of carbonyl (C=O) groups excluding carboxylic acids is 2. The Hall–Kier alpha value is -3.91. The van der Waals surface area contributed by atoms with Gasteiger partial charge in [-0.15, -0.1) is 0 Å². The predicted octanol–water partition coefficient (Wildman–Crippen LogP) is 3.22. The summed E-state index contributed by atoms with van der Waals surface area (Å²) in [7, 11) is 0. The topological polar surface area (TPSA) is 82.0 Å². The van der Waals surface area contributed by atoms with Crippen LogP contribution in [0.3, 0.4) is 0 Å². The molecule has 0 radical (unpaired) electrons. The highest BCUT2D eigenvalue weighted by Gasteiger charge is 2.21. The van der Waals surface area contributed by atoms with E-state index in [1.54, 1.807) is 42.5 Å². The van der Waals surface area contributed by atoms with E-state index in [1.807, 2.05) is 42.5 Å². The second kappa shape index (κ2) is 9.86. The van der Waals surface area contributed by atoms with Gasteiger partial charge in [0.25, 0.3) is 5.91 Å². The third kappa shape index (κ3) is 5.78. The lowest BCUT2D eigenvalue weighted by atomic mass is 10.0. The highest BCUT2D eigenvalue weighted by molar-refractivity contribution is 5.97. The van der Waals surface area contributed by atoms with Crippen LogP contribution >= 0.6 is 0 Å². The Balaban J connectivity index is 1.71. The van der Waals surface area contributed by atoms with E-state index in [9.17, 15) is 9.59 Å². The zero-order valence-electron chi connectivity index (χ0n) is 15.8. The van der Waals surface area contributed by atoms with Gasteiger partial charge in [0.05, 0.1) is 11.6 Å². The summed E-state index contributed by atoms with van der Waals surface area (Å²) in [5.74, 6) is -0.575. The molecule has 0 heterocycles. The van der Waals surface area contributed by atoms with Crippen LogP contribution in [0.25, 0.3) is 0 Å². The zero-order chi connectivity index (χ0) is 20.5. The SMILES string of the molecule is N#Cc1cccc(CNC(=O)C(Cc2ccccc2)NC(=O)c2ccccc2)c1. The molecule has 5 heteroatoms. The van der Waals surface area contributed by atoms with Crippen LogP contribution < -0.4 is 10.6 Å². The van der Waals surface area contributed by atoms with E-state index in [-0.39, 0.29) is 18.4 Å². The smallest absolute Gasteiger partial charge is 0.251 e. The Kier molecular flexibility index (Phi) is 6.75. The molecule has 5 nitrogen and oxygen atoms in total. The van der Waals surface area contributed by atoms with Crippen molar-refractivity contribution in [2.24, 2.45) is 0 Å². The fraction of sp³-hybridized carbons (Fsp3) is 0.125. The van der Waals surface area contributed by atoms with E-state index in [4.69, 9.17) is 5.26 Å². The quantitative estimate of drug-likeness (QED) is 0.657. The predicted molar refractivity (Wildman–Crippen MR) is 111 cm³/mol. The summed E-state index contributed by atoms with van der Waals surface area (Å²) in [5.41, 5.74) is 2.81. The molecule has 144 valence electrons.